The quantitative estimate of drug-likeness (QED) is 0.199. The van der Waals surface area contributed by atoms with Crippen LogP contribution in [0, 0.1) is 0 Å². The van der Waals surface area contributed by atoms with Crippen molar-refractivity contribution in [1.82, 2.24) is 0 Å². The van der Waals surface area contributed by atoms with Gasteiger partial charge in [0.2, 0.25) is 6.20 Å². The summed E-state index contributed by atoms with van der Waals surface area (Å²) >= 11 is 0. The van der Waals surface area contributed by atoms with Gasteiger partial charge in [0.05, 0.1) is 11.8 Å². The van der Waals surface area contributed by atoms with Gasteiger partial charge < -0.3 is 0 Å². The van der Waals surface area contributed by atoms with E-state index in [1.165, 1.54) is 19.3 Å². The monoisotopic (exact) mass is 406 g/mol. The number of carbonyl (C=O) groups is 1. The Morgan fingerprint density at radius 1 is 0.833 bits per heavy atom. The van der Waals surface area contributed by atoms with Gasteiger partial charge in [-0.1, -0.05) is 74.8 Å². The largest absolute Gasteiger partial charge is 0.380 e. The molecule has 0 aliphatic heterocycles. The van der Waals surface area contributed by atoms with Gasteiger partial charge in [-0.3, -0.25) is 0 Å². The predicted octanol–water partition coefficient (Wildman–Crippen LogP) is 6.67. The van der Waals surface area contributed by atoms with Gasteiger partial charge in [0.15, 0.2) is 0 Å². The van der Waals surface area contributed by atoms with E-state index in [-0.39, 0.29) is 5.97 Å². The average molecular weight is 407 g/mol. The predicted molar refractivity (Wildman–Crippen MR) is 125 cm³/mol. The van der Waals surface area contributed by atoms with E-state index in [2.05, 4.69) is 43.4 Å². The molecule has 0 aliphatic carbocycles. The zero-order valence-electron chi connectivity index (χ0n) is 18.3. The molecule has 0 radical (unpaired) electrons. The molecule has 0 atom stereocenters. The highest BCUT2D eigenvalue weighted by molar-refractivity contribution is 5.75. The topological polar surface area (TPSA) is 30.2 Å². The average Bonchev–Trinajstić information content (AvgIpc) is 2.76. The Bertz CT molecular complexity index is 830. The van der Waals surface area contributed by atoms with Crippen LogP contribution in [0.4, 0.5) is 0 Å². The zero-order chi connectivity index (χ0) is 21.3. The van der Waals surface area contributed by atoms with Gasteiger partial charge in [-0.05, 0) is 50.7 Å². The molecule has 0 spiro atoms. The van der Waals surface area contributed by atoms with Crippen molar-refractivity contribution in [2.45, 2.75) is 71.1 Å². The number of pyridine rings is 1. The Hall–Kier alpha value is -2.68. The molecule has 1 heterocycles. The van der Waals surface area contributed by atoms with E-state index < -0.39 is 0 Å². The maximum atomic E-state index is 12.1. The van der Waals surface area contributed by atoms with Crippen molar-refractivity contribution >= 4 is 16.9 Å². The standard InChI is InChI=1S/C27H36NO2/c1-2-3-4-5-6-7-8-9-10-11-12-13-14-15-16-23-27(29)30-28-24-19-21-25-20-17-18-22-26(25)28/h3-4,6-7,9-10,17-22,24H,2,5,8,11-16,23H2,1H3/q+1/b4-3-,7-6-,10-9-. The number of allylic oxidation sites excluding steroid dienone is 6. The van der Waals surface area contributed by atoms with E-state index in [0.717, 1.165) is 49.4 Å². The first-order valence-electron chi connectivity index (χ1n) is 11.4. The van der Waals surface area contributed by atoms with Crippen molar-refractivity contribution in [3.8, 4) is 0 Å². The molecule has 3 nitrogen and oxygen atoms in total. The number of benzene rings is 1. The van der Waals surface area contributed by atoms with E-state index in [9.17, 15) is 4.79 Å². The molecular formula is C27H36NO2+. The van der Waals surface area contributed by atoms with Gasteiger partial charge in [-0.25, -0.2) is 4.79 Å². The van der Waals surface area contributed by atoms with E-state index in [1.54, 1.807) is 10.9 Å². The molecule has 0 saturated carbocycles. The number of rotatable bonds is 14. The summed E-state index contributed by atoms with van der Waals surface area (Å²) in [6.07, 6.45) is 25.5. The van der Waals surface area contributed by atoms with Gasteiger partial charge in [-0.15, -0.1) is 0 Å². The summed E-state index contributed by atoms with van der Waals surface area (Å²) in [7, 11) is 0. The second kappa shape index (κ2) is 15.2. The number of carbonyl (C=O) groups excluding carboxylic acids is 1. The van der Waals surface area contributed by atoms with Crippen molar-refractivity contribution in [3.63, 3.8) is 0 Å². The molecule has 0 unspecified atom stereocenters. The fourth-order valence-electron chi connectivity index (χ4n) is 3.26. The van der Waals surface area contributed by atoms with E-state index in [4.69, 9.17) is 4.84 Å². The maximum Gasteiger partial charge on any atom is 0.380 e. The molecule has 2 rings (SSSR count). The summed E-state index contributed by atoms with van der Waals surface area (Å²) in [6.45, 7) is 2.16. The number of fused-ring (bicyclic) bond motifs is 1. The molecule has 3 heteroatoms. The third-order valence-corrected chi connectivity index (χ3v) is 4.90. The molecule has 160 valence electrons. The van der Waals surface area contributed by atoms with Crippen molar-refractivity contribution in [1.29, 1.82) is 0 Å². The summed E-state index contributed by atoms with van der Waals surface area (Å²) in [6, 6.07) is 11.8. The van der Waals surface area contributed by atoms with Crippen molar-refractivity contribution in [3.05, 3.63) is 79.1 Å². The molecule has 1 aromatic heterocycles. The van der Waals surface area contributed by atoms with Crippen LogP contribution in [-0.2, 0) is 4.79 Å². The van der Waals surface area contributed by atoms with Gasteiger partial charge in [-0.2, -0.15) is 4.84 Å². The van der Waals surface area contributed by atoms with Crippen molar-refractivity contribution < 1.29 is 14.4 Å². The molecular weight excluding hydrogens is 370 g/mol. The molecule has 0 amide bonds. The van der Waals surface area contributed by atoms with Crippen LogP contribution in [0.25, 0.3) is 10.9 Å². The fraction of sp³-hybridized carbons (Fsp3) is 0.407. The first-order valence-corrected chi connectivity index (χ1v) is 11.4. The van der Waals surface area contributed by atoms with Gasteiger partial charge in [0.25, 0.3) is 5.52 Å². The number of aromatic nitrogens is 1. The van der Waals surface area contributed by atoms with Crippen LogP contribution >= 0.6 is 0 Å². The molecule has 0 N–H and O–H groups in total. The summed E-state index contributed by atoms with van der Waals surface area (Å²) in [5.41, 5.74) is 0.908. The maximum absolute atomic E-state index is 12.1. The van der Waals surface area contributed by atoms with Gasteiger partial charge in [0, 0.05) is 16.9 Å². The van der Waals surface area contributed by atoms with Crippen LogP contribution in [0.1, 0.15) is 71.1 Å². The minimum absolute atomic E-state index is 0.169. The molecule has 2 aromatic rings. The Labute approximate surface area is 181 Å². The molecule has 1 aromatic carbocycles. The van der Waals surface area contributed by atoms with E-state index in [1.807, 2.05) is 36.4 Å². The second-order valence-electron chi connectivity index (χ2n) is 7.46. The number of hydrogen-bond acceptors (Lipinski definition) is 2. The minimum Gasteiger partial charge on any atom is -0.245 e. The molecule has 0 aliphatic rings. The smallest absolute Gasteiger partial charge is 0.245 e. The third-order valence-electron chi connectivity index (χ3n) is 4.90. The van der Waals surface area contributed by atoms with E-state index in [0.29, 0.717) is 6.42 Å². The summed E-state index contributed by atoms with van der Waals surface area (Å²) in [4.78, 5) is 17.6. The Morgan fingerprint density at radius 3 is 2.33 bits per heavy atom. The van der Waals surface area contributed by atoms with E-state index >= 15 is 0 Å². The highest BCUT2D eigenvalue weighted by Gasteiger charge is 2.14. The van der Waals surface area contributed by atoms with Crippen LogP contribution in [0.15, 0.2) is 79.1 Å². The van der Waals surface area contributed by atoms with Gasteiger partial charge in [0.1, 0.15) is 0 Å². The molecule has 30 heavy (non-hydrogen) atoms. The lowest BCUT2D eigenvalue weighted by Crippen LogP contribution is -2.46. The number of unbranched alkanes of at least 4 members (excludes halogenated alkanes) is 5. The molecule has 0 bridgehead atoms. The highest BCUT2D eigenvalue weighted by Crippen LogP contribution is 2.09. The van der Waals surface area contributed by atoms with Crippen LogP contribution in [0.5, 0.6) is 0 Å². The SMILES string of the molecule is CC/C=C\C/C=C\C/C=C\CCCCCCCC(=O)O[n+]1cccc2ccccc21. The summed E-state index contributed by atoms with van der Waals surface area (Å²) in [5, 5.41) is 1.06. The van der Waals surface area contributed by atoms with Crippen molar-refractivity contribution in [2.24, 2.45) is 0 Å². The van der Waals surface area contributed by atoms with Crippen molar-refractivity contribution in [2.75, 3.05) is 0 Å². The normalized spacial score (nSPS) is 11.9. The minimum atomic E-state index is -0.169. The van der Waals surface area contributed by atoms with Crippen LogP contribution in [-0.4, -0.2) is 5.97 Å². The lowest BCUT2D eigenvalue weighted by Gasteiger charge is -2.01. The Balaban J connectivity index is 1.49. The lowest BCUT2D eigenvalue weighted by molar-refractivity contribution is -0.848. The fourth-order valence-corrected chi connectivity index (χ4v) is 3.26. The third kappa shape index (κ3) is 9.69. The van der Waals surface area contributed by atoms with Gasteiger partial charge >= 0.3 is 5.97 Å². The summed E-state index contributed by atoms with van der Waals surface area (Å²) < 4.78 is 1.57. The Morgan fingerprint density at radius 2 is 1.50 bits per heavy atom. The highest BCUT2D eigenvalue weighted by atomic mass is 16.7. The number of para-hydroxylation sites is 1. The lowest BCUT2D eigenvalue weighted by atomic mass is 10.1. The first-order chi connectivity index (χ1) is 14.8. The number of nitrogens with zero attached hydrogens (tertiary/aromatic N) is 1. The summed E-state index contributed by atoms with van der Waals surface area (Å²) in [5.74, 6) is -0.169. The van der Waals surface area contributed by atoms with Crippen LogP contribution in [0.2, 0.25) is 0 Å². The van der Waals surface area contributed by atoms with Crippen LogP contribution in [0.3, 0.4) is 0 Å². The molecule has 0 saturated heterocycles. The molecule has 0 fully saturated rings. The van der Waals surface area contributed by atoms with Crippen LogP contribution < -0.4 is 9.57 Å². The second-order valence-corrected chi connectivity index (χ2v) is 7.46. The number of hydrogen-bond donors (Lipinski definition) is 0. The first kappa shape index (κ1) is 23.6. The Kier molecular flexibility index (Phi) is 12.0. The zero-order valence-corrected chi connectivity index (χ0v) is 18.3.